The van der Waals surface area contributed by atoms with E-state index < -0.39 is 34.7 Å². The summed E-state index contributed by atoms with van der Waals surface area (Å²) in [6.45, 7) is 15.9. The molecule has 2 unspecified atom stereocenters. The van der Waals surface area contributed by atoms with Crippen LogP contribution in [0.4, 0.5) is 5.13 Å². The number of Topliss-reactive ketones (excluding diaryl/α,β-unsaturated/α-hetero) is 1. The number of nitrogens with one attached hydrogen (secondary N) is 1. The monoisotopic (exact) mass is 559 g/mol. The maximum absolute atomic E-state index is 13.7. The van der Waals surface area contributed by atoms with Crippen LogP contribution in [0.15, 0.2) is 12.2 Å². The van der Waals surface area contributed by atoms with E-state index in [0.717, 1.165) is 53.9 Å². The Labute approximate surface area is 235 Å². The number of hydrogen-bond acceptors (Lipinski definition) is 9. The Morgan fingerprint density at radius 1 is 1.18 bits per heavy atom. The van der Waals surface area contributed by atoms with Crippen LogP contribution in [0, 0.1) is 28.6 Å². The molecule has 1 spiro atoms. The Morgan fingerprint density at radius 2 is 1.90 bits per heavy atom. The molecule has 7 rings (SSSR count). The van der Waals surface area contributed by atoms with Gasteiger partial charge in [-0.1, -0.05) is 32.4 Å². The van der Waals surface area contributed by atoms with Gasteiger partial charge < -0.3 is 30.3 Å². The van der Waals surface area contributed by atoms with Crippen LogP contribution < -0.4 is 5.32 Å². The van der Waals surface area contributed by atoms with Gasteiger partial charge in [-0.05, 0) is 70.4 Å². The van der Waals surface area contributed by atoms with Crippen LogP contribution in [0.25, 0.3) is 0 Å². The molecule has 8 atom stereocenters. The van der Waals surface area contributed by atoms with Crippen LogP contribution in [-0.2, 0) is 21.4 Å². The van der Waals surface area contributed by atoms with Crippen LogP contribution in [0.2, 0.25) is 0 Å². The molecule has 3 aliphatic heterocycles. The second-order valence-electron chi connectivity index (χ2n) is 13.7. The molecule has 9 heteroatoms. The van der Waals surface area contributed by atoms with E-state index in [1.165, 1.54) is 26.2 Å². The highest BCUT2D eigenvalue weighted by Crippen LogP contribution is 2.73. The second kappa shape index (κ2) is 9.33. The third kappa shape index (κ3) is 3.59. The SMILES string of the molecule is C=C(C)[C@@H]1CCC2[C@@]34CO[C@@](O)([C@@H](O)C3C(C)(C)Cc3sc(NCCN5CCCCC5)nc34)[C@@]2(C(C)=O)[C@@H]1O. The zero-order chi connectivity index (χ0) is 28.0. The van der Waals surface area contributed by atoms with Crippen molar-refractivity contribution >= 4 is 22.3 Å². The van der Waals surface area contributed by atoms with E-state index in [1.807, 2.05) is 6.92 Å². The molecular formula is C30H45N3O5S. The largest absolute Gasteiger partial charge is 0.391 e. The first-order valence-electron chi connectivity index (χ1n) is 14.8. The molecule has 0 aromatic carbocycles. The fourth-order valence-electron chi connectivity index (χ4n) is 9.64. The molecule has 2 saturated carbocycles. The third-order valence-electron chi connectivity index (χ3n) is 11.1. The van der Waals surface area contributed by atoms with Gasteiger partial charge in [0, 0.05) is 35.2 Å². The molecule has 0 radical (unpaired) electrons. The topological polar surface area (TPSA) is 115 Å². The number of rotatable bonds is 6. The number of aliphatic hydroxyl groups is 3. The minimum Gasteiger partial charge on any atom is -0.391 e. The molecule has 4 heterocycles. The predicted molar refractivity (Wildman–Crippen MR) is 151 cm³/mol. The molecular weight excluding hydrogens is 514 g/mol. The van der Waals surface area contributed by atoms with Crippen LogP contribution >= 0.6 is 11.3 Å². The lowest BCUT2D eigenvalue weighted by Gasteiger charge is -2.74. The number of ketones is 1. The van der Waals surface area contributed by atoms with Crippen molar-refractivity contribution in [2.24, 2.45) is 28.6 Å². The first-order valence-corrected chi connectivity index (χ1v) is 15.6. The third-order valence-corrected chi connectivity index (χ3v) is 12.2. The highest BCUT2D eigenvalue weighted by atomic mass is 32.1. The fourth-order valence-corrected chi connectivity index (χ4v) is 11.0. The molecule has 39 heavy (non-hydrogen) atoms. The summed E-state index contributed by atoms with van der Waals surface area (Å²) in [5.74, 6) is -3.67. The van der Waals surface area contributed by atoms with Gasteiger partial charge >= 0.3 is 0 Å². The number of hydrogen-bond donors (Lipinski definition) is 4. The quantitative estimate of drug-likeness (QED) is 0.393. The molecule has 0 amide bonds. The summed E-state index contributed by atoms with van der Waals surface area (Å²) in [5.41, 5.74) is -1.18. The van der Waals surface area contributed by atoms with Gasteiger partial charge in [-0.3, -0.25) is 4.79 Å². The maximum atomic E-state index is 13.7. The average Bonchev–Trinajstić information content (AvgIpc) is 3.28. The smallest absolute Gasteiger partial charge is 0.208 e. The van der Waals surface area contributed by atoms with E-state index in [9.17, 15) is 20.1 Å². The summed E-state index contributed by atoms with van der Waals surface area (Å²) in [6, 6.07) is 0. The van der Waals surface area contributed by atoms with Gasteiger partial charge in [0.1, 0.15) is 17.3 Å². The van der Waals surface area contributed by atoms with Gasteiger partial charge in [-0.2, -0.15) is 0 Å². The lowest BCUT2D eigenvalue weighted by Crippen LogP contribution is -2.86. The summed E-state index contributed by atoms with van der Waals surface area (Å²) >= 11 is 1.66. The first kappa shape index (κ1) is 27.8. The summed E-state index contributed by atoms with van der Waals surface area (Å²) in [6.07, 6.45) is 3.29. The molecule has 4 N–H and O–H groups in total. The van der Waals surface area contributed by atoms with Crippen LogP contribution in [-0.4, -0.2) is 81.8 Å². The summed E-state index contributed by atoms with van der Waals surface area (Å²) in [7, 11) is 0. The van der Waals surface area contributed by atoms with E-state index in [1.54, 1.807) is 11.3 Å². The van der Waals surface area contributed by atoms with Gasteiger partial charge in [0.05, 0.1) is 18.4 Å². The van der Waals surface area contributed by atoms with Crippen molar-refractivity contribution in [1.82, 2.24) is 9.88 Å². The number of carbonyl (C=O) groups excluding carboxylic acids is 1. The number of thiazole rings is 1. The van der Waals surface area contributed by atoms with Crippen molar-refractivity contribution in [3.05, 3.63) is 22.7 Å². The maximum Gasteiger partial charge on any atom is 0.208 e. The molecule has 2 bridgehead atoms. The van der Waals surface area contributed by atoms with Crippen molar-refractivity contribution in [2.45, 2.75) is 89.6 Å². The summed E-state index contributed by atoms with van der Waals surface area (Å²) in [5, 5.41) is 40.5. The zero-order valence-corrected chi connectivity index (χ0v) is 24.6. The Bertz CT molecular complexity index is 1160. The van der Waals surface area contributed by atoms with E-state index in [-0.39, 0.29) is 29.6 Å². The van der Waals surface area contributed by atoms with Gasteiger partial charge in [-0.15, -0.1) is 11.3 Å². The molecule has 5 fully saturated rings. The van der Waals surface area contributed by atoms with E-state index in [4.69, 9.17) is 9.72 Å². The second-order valence-corrected chi connectivity index (χ2v) is 14.8. The Kier molecular flexibility index (Phi) is 6.65. The Balaban J connectivity index is 1.44. The molecule has 8 nitrogen and oxygen atoms in total. The van der Waals surface area contributed by atoms with Crippen molar-refractivity contribution in [2.75, 3.05) is 38.1 Å². The van der Waals surface area contributed by atoms with Crippen LogP contribution in [0.3, 0.4) is 0 Å². The lowest BCUT2D eigenvalue weighted by molar-refractivity contribution is -0.433. The van der Waals surface area contributed by atoms with Crippen molar-refractivity contribution in [3.63, 3.8) is 0 Å². The molecule has 3 saturated heterocycles. The zero-order valence-electron chi connectivity index (χ0n) is 23.8. The normalized spacial score (nSPS) is 42.8. The van der Waals surface area contributed by atoms with Crippen molar-refractivity contribution in [1.29, 1.82) is 0 Å². The minimum absolute atomic E-state index is 0.169. The molecule has 6 aliphatic rings. The highest BCUT2D eigenvalue weighted by molar-refractivity contribution is 7.15. The first-order chi connectivity index (χ1) is 18.4. The predicted octanol–water partition coefficient (Wildman–Crippen LogP) is 3.11. The van der Waals surface area contributed by atoms with E-state index in [2.05, 4.69) is 30.6 Å². The number of fused-ring (bicyclic) bond motifs is 2. The summed E-state index contributed by atoms with van der Waals surface area (Å²) < 4.78 is 6.22. The number of likely N-dealkylation sites (tertiary alicyclic amines) is 1. The Morgan fingerprint density at radius 3 is 2.56 bits per heavy atom. The number of carbonyl (C=O) groups is 1. The number of piperidine rings is 1. The number of nitrogens with zero attached hydrogens (tertiary/aromatic N) is 2. The number of ether oxygens (including phenoxy) is 1. The van der Waals surface area contributed by atoms with Crippen LogP contribution in [0.5, 0.6) is 0 Å². The lowest BCUT2D eigenvalue weighted by atomic mass is 9.35. The van der Waals surface area contributed by atoms with Crippen LogP contribution in [0.1, 0.15) is 70.4 Å². The molecule has 216 valence electrons. The number of aliphatic hydroxyl groups excluding tert-OH is 2. The van der Waals surface area contributed by atoms with Gasteiger partial charge in [0.15, 0.2) is 5.13 Å². The van der Waals surface area contributed by atoms with E-state index in [0.29, 0.717) is 12.8 Å². The fraction of sp³-hybridized carbons (Fsp3) is 0.800. The molecule has 1 aromatic heterocycles. The van der Waals surface area contributed by atoms with E-state index >= 15 is 0 Å². The Hall–Kier alpha value is -1.36. The van der Waals surface area contributed by atoms with Crippen molar-refractivity contribution in [3.8, 4) is 0 Å². The summed E-state index contributed by atoms with van der Waals surface area (Å²) in [4.78, 5) is 22.6. The van der Waals surface area contributed by atoms with Gasteiger partial charge in [0.25, 0.3) is 0 Å². The minimum atomic E-state index is -2.18. The molecule has 3 aliphatic carbocycles. The van der Waals surface area contributed by atoms with Crippen molar-refractivity contribution < 1.29 is 24.9 Å². The molecule has 1 aromatic rings. The standard InChI is InChI=1S/C30H45N3O5S/c1-17(2)19-9-10-21-28-16-38-30(37,29(21,18(3)34)24(19)35)25(36)22(28)27(4,5)15-20-23(28)32-26(39-20)31-11-14-33-12-7-6-8-13-33/h19,21-22,24-25,35-37H,1,6-16H2,2-5H3,(H,31,32)/t19-,21?,22?,24+,25-,28-,29+,30-/m0/s1. The number of anilines is 1. The number of aromatic nitrogens is 1. The van der Waals surface area contributed by atoms with Gasteiger partial charge in [0.2, 0.25) is 5.79 Å². The average molecular weight is 560 g/mol. The van der Waals surface area contributed by atoms with Gasteiger partial charge in [-0.25, -0.2) is 4.98 Å². The highest BCUT2D eigenvalue weighted by Gasteiger charge is 2.84.